The van der Waals surface area contributed by atoms with E-state index in [1.807, 2.05) is 33.7 Å². The van der Waals surface area contributed by atoms with E-state index in [4.69, 9.17) is 4.74 Å². The van der Waals surface area contributed by atoms with Gasteiger partial charge >= 0.3 is 6.18 Å². The average Bonchev–Trinajstić information content (AvgIpc) is 3.43. The van der Waals surface area contributed by atoms with E-state index in [-0.39, 0.29) is 5.69 Å². The van der Waals surface area contributed by atoms with Crippen molar-refractivity contribution >= 4 is 22.8 Å². The summed E-state index contributed by atoms with van der Waals surface area (Å²) >= 11 is 0. The first-order chi connectivity index (χ1) is 18.8. The first-order valence-corrected chi connectivity index (χ1v) is 13.0. The van der Waals surface area contributed by atoms with Crippen LogP contribution in [0.25, 0.3) is 16.9 Å². The van der Waals surface area contributed by atoms with Crippen molar-refractivity contribution in [2.75, 3.05) is 43.1 Å². The summed E-state index contributed by atoms with van der Waals surface area (Å²) < 4.78 is 50.0. The predicted molar refractivity (Wildman–Crippen MR) is 144 cm³/mol. The van der Waals surface area contributed by atoms with Gasteiger partial charge in [0, 0.05) is 73.7 Å². The smallest absolute Gasteiger partial charge is 0.418 e. The molecule has 1 saturated heterocycles. The Morgan fingerprint density at radius 3 is 2.62 bits per heavy atom. The van der Waals surface area contributed by atoms with E-state index in [1.54, 1.807) is 24.5 Å². The second-order valence-electron chi connectivity index (χ2n) is 10.1. The molecule has 2 aliphatic rings. The number of hydrogen-bond acceptors (Lipinski definition) is 7. The fourth-order valence-corrected chi connectivity index (χ4v) is 5.29. The fourth-order valence-electron chi connectivity index (χ4n) is 5.29. The van der Waals surface area contributed by atoms with E-state index in [1.165, 1.54) is 0 Å². The summed E-state index contributed by atoms with van der Waals surface area (Å²) in [6.07, 6.45) is 0.665. The van der Waals surface area contributed by atoms with Crippen molar-refractivity contribution in [3.8, 4) is 17.0 Å². The van der Waals surface area contributed by atoms with E-state index < -0.39 is 11.7 Å². The Labute approximate surface area is 224 Å². The van der Waals surface area contributed by atoms with E-state index in [0.717, 1.165) is 41.7 Å². The number of alkyl halides is 3. The average molecular weight is 538 g/mol. The van der Waals surface area contributed by atoms with Gasteiger partial charge in [-0.15, -0.1) is 0 Å². The van der Waals surface area contributed by atoms with Gasteiger partial charge in [-0.05, 0) is 50.2 Å². The zero-order valence-corrected chi connectivity index (χ0v) is 21.8. The molecule has 0 saturated carbocycles. The van der Waals surface area contributed by atoms with Gasteiger partial charge in [0.05, 0.1) is 17.5 Å². The molecular weight excluding hydrogens is 507 g/mol. The molecular formula is C28H30F3N7O. The second kappa shape index (κ2) is 10.0. The lowest BCUT2D eigenvalue weighted by Crippen LogP contribution is -2.49. The molecule has 0 atom stereocenters. The Balaban J connectivity index is 1.29. The molecule has 6 rings (SSSR count). The molecule has 2 aliphatic heterocycles. The number of benzene rings is 2. The number of piperazine rings is 1. The van der Waals surface area contributed by atoms with E-state index in [0.29, 0.717) is 49.6 Å². The Morgan fingerprint density at radius 2 is 1.85 bits per heavy atom. The van der Waals surface area contributed by atoms with Gasteiger partial charge in [-0.2, -0.15) is 13.2 Å². The molecule has 39 heavy (non-hydrogen) atoms. The number of hydrogen-bond donors (Lipinski definition) is 2. The molecule has 0 aliphatic carbocycles. The highest BCUT2D eigenvalue weighted by atomic mass is 19.4. The number of anilines is 3. The highest BCUT2D eigenvalue weighted by Gasteiger charge is 2.36. The fraction of sp³-hybridized carbons (Fsp3) is 0.357. The van der Waals surface area contributed by atoms with Crippen LogP contribution in [0.2, 0.25) is 0 Å². The van der Waals surface area contributed by atoms with Gasteiger partial charge < -0.3 is 15.0 Å². The summed E-state index contributed by atoms with van der Waals surface area (Å²) in [5.41, 5.74) is 3.15. The molecule has 4 aromatic rings. The van der Waals surface area contributed by atoms with Crippen molar-refractivity contribution in [3.63, 3.8) is 0 Å². The summed E-state index contributed by atoms with van der Waals surface area (Å²) in [6, 6.07) is 10.7. The van der Waals surface area contributed by atoms with Gasteiger partial charge in [-0.1, -0.05) is 0 Å². The Bertz CT molecular complexity index is 1490. The zero-order chi connectivity index (χ0) is 27.1. The third-order valence-corrected chi connectivity index (χ3v) is 7.38. The van der Waals surface area contributed by atoms with Gasteiger partial charge in [0.15, 0.2) is 11.5 Å². The SMILES string of the molecule is CC(C)N1CCN(c2ccc(Nc3ncc(-c4ccc5c(c4)CNCO5)n4ccnc34)cc2C(F)(F)F)CC1. The van der Waals surface area contributed by atoms with E-state index in [9.17, 15) is 13.2 Å². The zero-order valence-electron chi connectivity index (χ0n) is 21.8. The van der Waals surface area contributed by atoms with Crippen LogP contribution in [0.1, 0.15) is 25.0 Å². The minimum atomic E-state index is -4.49. The lowest BCUT2D eigenvalue weighted by molar-refractivity contribution is -0.137. The van der Waals surface area contributed by atoms with Crippen molar-refractivity contribution in [1.29, 1.82) is 0 Å². The van der Waals surface area contributed by atoms with Crippen LogP contribution in [0.5, 0.6) is 5.75 Å². The summed E-state index contributed by atoms with van der Waals surface area (Å²) in [7, 11) is 0. The van der Waals surface area contributed by atoms with E-state index in [2.05, 4.69) is 39.3 Å². The molecule has 1 fully saturated rings. The molecule has 0 radical (unpaired) electrons. The normalized spacial score (nSPS) is 16.4. The van der Waals surface area contributed by atoms with Gasteiger partial charge in [-0.25, -0.2) is 9.97 Å². The molecule has 0 amide bonds. The van der Waals surface area contributed by atoms with Gasteiger partial charge in [0.25, 0.3) is 0 Å². The van der Waals surface area contributed by atoms with E-state index >= 15 is 0 Å². The molecule has 8 nitrogen and oxygen atoms in total. The number of ether oxygens (including phenoxy) is 1. The minimum absolute atomic E-state index is 0.205. The van der Waals surface area contributed by atoms with Gasteiger partial charge in [-0.3, -0.25) is 14.6 Å². The number of nitrogens with zero attached hydrogens (tertiary/aromatic N) is 5. The Kier molecular flexibility index (Phi) is 6.56. The molecule has 2 aromatic carbocycles. The Hall–Kier alpha value is -3.83. The quantitative estimate of drug-likeness (QED) is 0.366. The first-order valence-electron chi connectivity index (χ1n) is 13.0. The van der Waals surface area contributed by atoms with Crippen LogP contribution in [0.4, 0.5) is 30.4 Å². The summed E-state index contributed by atoms with van der Waals surface area (Å²) in [5, 5.41) is 6.26. The topological polar surface area (TPSA) is 70.0 Å². The monoisotopic (exact) mass is 537 g/mol. The van der Waals surface area contributed by atoms with Crippen LogP contribution in [0.15, 0.2) is 55.0 Å². The van der Waals surface area contributed by atoms with Crippen LogP contribution in [-0.4, -0.2) is 58.2 Å². The Morgan fingerprint density at radius 1 is 1.03 bits per heavy atom. The standard InChI is InChI=1S/C28H30F3N7O/c1-18(2)36-9-11-37(12-10-36)23-5-4-21(14-22(23)28(29,30)31)35-26-27-33-7-8-38(27)24(16-34-26)19-3-6-25-20(13-19)15-32-17-39-25/h3-8,13-14,16,18,32H,9-12,15,17H2,1-2H3,(H,34,35). The molecule has 11 heteroatoms. The molecule has 4 heterocycles. The number of fused-ring (bicyclic) bond motifs is 2. The third-order valence-electron chi connectivity index (χ3n) is 7.38. The lowest BCUT2D eigenvalue weighted by Gasteiger charge is -2.39. The maximum absolute atomic E-state index is 14.2. The molecule has 2 aromatic heterocycles. The third kappa shape index (κ3) is 4.99. The molecule has 0 bridgehead atoms. The van der Waals surface area contributed by atoms with Gasteiger partial charge in [0.1, 0.15) is 12.5 Å². The number of halogens is 3. The van der Waals surface area contributed by atoms with Crippen LogP contribution in [0.3, 0.4) is 0 Å². The molecule has 0 unspecified atom stereocenters. The van der Waals surface area contributed by atoms with Crippen molar-refractivity contribution < 1.29 is 17.9 Å². The van der Waals surface area contributed by atoms with Crippen molar-refractivity contribution in [1.82, 2.24) is 24.6 Å². The maximum atomic E-state index is 14.2. The summed E-state index contributed by atoms with van der Waals surface area (Å²) in [4.78, 5) is 13.1. The van der Waals surface area contributed by atoms with Crippen LogP contribution in [-0.2, 0) is 12.7 Å². The highest BCUT2D eigenvalue weighted by molar-refractivity contribution is 5.76. The largest absolute Gasteiger partial charge is 0.478 e. The maximum Gasteiger partial charge on any atom is 0.418 e. The predicted octanol–water partition coefficient (Wildman–Crippen LogP) is 5.13. The van der Waals surface area contributed by atoms with Gasteiger partial charge in [0.2, 0.25) is 0 Å². The molecule has 2 N–H and O–H groups in total. The first kappa shape index (κ1) is 25.4. The van der Waals surface area contributed by atoms with Crippen LogP contribution >= 0.6 is 0 Å². The number of nitrogens with one attached hydrogen (secondary N) is 2. The van der Waals surface area contributed by atoms with Crippen LogP contribution < -0.4 is 20.3 Å². The number of imidazole rings is 1. The molecule has 204 valence electrons. The number of aromatic nitrogens is 3. The van der Waals surface area contributed by atoms with Crippen LogP contribution in [0, 0.1) is 0 Å². The van der Waals surface area contributed by atoms with Crippen molar-refractivity contribution in [2.24, 2.45) is 0 Å². The van der Waals surface area contributed by atoms with Crippen molar-refractivity contribution in [3.05, 3.63) is 66.1 Å². The number of rotatable bonds is 5. The molecule has 0 spiro atoms. The summed E-state index contributed by atoms with van der Waals surface area (Å²) in [5.74, 6) is 1.22. The summed E-state index contributed by atoms with van der Waals surface area (Å²) in [6.45, 7) is 7.96. The second-order valence-corrected chi connectivity index (χ2v) is 10.1. The highest BCUT2D eigenvalue weighted by Crippen LogP contribution is 2.39. The van der Waals surface area contributed by atoms with Crippen molar-refractivity contribution in [2.45, 2.75) is 32.6 Å². The minimum Gasteiger partial charge on any atom is -0.478 e. The lowest BCUT2D eigenvalue weighted by atomic mass is 10.1.